The van der Waals surface area contributed by atoms with Crippen molar-refractivity contribution in [2.24, 2.45) is 0 Å². The lowest BCUT2D eigenvalue weighted by atomic mass is 10.3. The van der Waals surface area contributed by atoms with Crippen LogP contribution in [0.15, 0.2) is 15.9 Å². The average Bonchev–Trinajstić information content (AvgIpc) is 2.67. The van der Waals surface area contributed by atoms with E-state index in [-0.39, 0.29) is 19.0 Å². The Labute approximate surface area is 107 Å². The summed E-state index contributed by atoms with van der Waals surface area (Å²) in [7, 11) is 0. The second-order valence-corrected chi connectivity index (χ2v) is 5.62. The maximum atomic E-state index is 11.1. The summed E-state index contributed by atoms with van der Waals surface area (Å²) in [6.07, 6.45) is 0.905. The number of carbonyl (C=O) groups excluding carboxylic acids is 1. The molecule has 6 heteroatoms. The number of rotatable bonds is 6. The average molecular weight is 302 g/mol. The Morgan fingerprint density at radius 1 is 1.56 bits per heavy atom. The van der Waals surface area contributed by atoms with Gasteiger partial charge in [0.15, 0.2) is 0 Å². The van der Waals surface area contributed by atoms with Crippen LogP contribution in [0, 0.1) is 11.3 Å². The molecule has 0 saturated heterocycles. The van der Waals surface area contributed by atoms with Gasteiger partial charge in [-0.3, -0.25) is 4.79 Å². The molecule has 1 aromatic rings. The standard InChI is InChI=1S/C10H12BrN3OS/c11-9-2-1-8(16-9)3-5-13-7-10(15)14-6-4-12/h1-2,13H,3,5-7H2,(H,14,15). The number of carbonyl (C=O) groups is 1. The molecule has 0 radical (unpaired) electrons. The van der Waals surface area contributed by atoms with Gasteiger partial charge < -0.3 is 10.6 Å². The first-order valence-corrected chi connectivity index (χ1v) is 6.42. The fraction of sp³-hybridized carbons (Fsp3) is 0.400. The maximum absolute atomic E-state index is 11.1. The highest BCUT2D eigenvalue weighted by atomic mass is 79.9. The van der Waals surface area contributed by atoms with Gasteiger partial charge in [-0.15, -0.1) is 11.3 Å². The summed E-state index contributed by atoms with van der Waals surface area (Å²) < 4.78 is 1.12. The van der Waals surface area contributed by atoms with Crippen LogP contribution in [0.1, 0.15) is 4.88 Å². The third kappa shape index (κ3) is 5.26. The summed E-state index contributed by atoms with van der Waals surface area (Å²) in [6.45, 7) is 1.08. The van der Waals surface area contributed by atoms with E-state index in [0.717, 1.165) is 16.8 Å². The maximum Gasteiger partial charge on any atom is 0.234 e. The monoisotopic (exact) mass is 301 g/mol. The number of hydrogen-bond donors (Lipinski definition) is 2. The van der Waals surface area contributed by atoms with Crippen LogP contribution >= 0.6 is 27.3 Å². The lowest BCUT2D eigenvalue weighted by Gasteiger charge is -2.02. The lowest BCUT2D eigenvalue weighted by Crippen LogP contribution is -2.34. The largest absolute Gasteiger partial charge is 0.342 e. The smallest absolute Gasteiger partial charge is 0.234 e. The van der Waals surface area contributed by atoms with Crippen molar-refractivity contribution in [1.82, 2.24) is 10.6 Å². The number of nitriles is 1. The first-order chi connectivity index (χ1) is 7.72. The Morgan fingerprint density at radius 2 is 2.38 bits per heavy atom. The zero-order valence-electron chi connectivity index (χ0n) is 8.62. The van der Waals surface area contributed by atoms with Crippen LogP contribution in [0.5, 0.6) is 0 Å². The molecule has 16 heavy (non-hydrogen) atoms. The minimum Gasteiger partial charge on any atom is -0.342 e. The second kappa shape index (κ2) is 7.39. The molecular formula is C10H12BrN3OS. The third-order valence-electron chi connectivity index (χ3n) is 1.83. The van der Waals surface area contributed by atoms with Gasteiger partial charge in [0.05, 0.1) is 16.4 Å². The molecular weight excluding hydrogens is 290 g/mol. The summed E-state index contributed by atoms with van der Waals surface area (Å²) >= 11 is 5.09. The Kier molecular flexibility index (Phi) is 6.08. The second-order valence-electron chi connectivity index (χ2n) is 3.07. The van der Waals surface area contributed by atoms with E-state index in [9.17, 15) is 4.79 Å². The lowest BCUT2D eigenvalue weighted by molar-refractivity contribution is -0.120. The predicted molar refractivity (Wildman–Crippen MR) is 67.2 cm³/mol. The Hall–Kier alpha value is -0.900. The van der Waals surface area contributed by atoms with Crippen molar-refractivity contribution in [3.63, 3.8) is 0 Å². The van der Waals surface area contributed by atoms with Crippen LogP contribution in [0.25, 0.3) is 0 Å². The van der Waals surface area contributed by atoms with Crippen molar-refractivity contribution in [2.45, 2.75) is 6.42 Å². The molecule has 0 aliphatic heterocycles. The SMILES string of the molecule is N#CCNC(=O)CNCCc1ccc(Br)s1. The van der Waals surface area contributed by atoms with E-state index >= 15 is 0 Å². The zero-order chi connectivity index (χ0) is 11.8. The van der Waals surface area contributed by atoms with E-state index in [1.807, 2.05) is 12.1 Å². The third-order valence-corrected chi connectivity index (χ3v) is 3.51. The molecule has 86 valence electrons. The Balaban J connectivity index is 2.08. The molecule has 0 fully saturated rings. The summed E-state index contributed by atoms with van der Waals surface area (Å²) in [6, 6.07) is 5.93. The van der Waals surface area contributed by atoms with E-state index in [1.165, 1.54) is 4.88 Å². The van der Waals surface area contributed by atoms with E-state index in [1.54, 1.807) is 11.3 Å². The normalized spacial score (nSPS) is 9.75. The van der Waals surface area contributed by atoms with E-state index in [2.05, 4.69) is 32.6 Å². The fourth-order valence-corrected chi connectivity index (χ4v) is 2.58. The summed E-state index contributed by atoms with van der Waals surface area (Å²) in [5.41, 5.74) is 0. The van der Waals surface area contributed by atoms with E-state index in [4.69, 9.17) is 5.26 Å². The molecule has 0 saturated carbocycles. The molecule has 0 aliphatic carbocycles. The zero-order valence-corrected chi connectivity index (χ0v) is 11.0. The molecule has 0 aliphatic rings. The Bertz CT molecular complexity index is 386. The van der Waals surface area contributed by atoms with Crippen LogP contribution in [0.3, 0.4) is 0 Å². The van der Waals surface area contributed by atoms with Gasteiger partial charge in [0.1, 0.15) is 6.54 Å². The van der Waals surface area contributed by atoms with Crippen LogP contribution in [-0.2, 0) is 11.2 Å². The quantitative estimate of drug-likeness (QED) is 0.614. The van der Waals surface area contributed by atoms with Crippen molar-refractivity contribution in [1.29, 1.82) is 5.26 Å². The number of nitrogens with zero attached hydrogens (tertiary/aromatic N) is 1. The van der Waals surface area contributed by atoms with Gasteiger partial charge in [0, 0.05) is 11.4 Å². The number of halogens is 1. The van der Waals surface area contributed by atoms with Gasteiger partial charge in [-0.2, -0.15) is 5.26 Å². The summed E-state index contributed by atoms with van der Waals surface area (Å²) in [5, 5.41) is 13.7. The van der Waals surface area contributed by atoms with Crippen molar-refractivity contribution < 1.29 is 4.79 Å². The highest BCUT2D eigenvalue weighted by molar-refractivity contribution is 9.11. The summed E-state index contributed by atoms with van der Waals surface area (Å²) in [4.78, 5) is 12.4. The molecule has 0 bridgehead atoms. The minimum absolute atomic E-state index is 0.0678. The molecule has 2 N–H and O–H groups in total. The van der Waals surface area contributed by atoms with Gasteiger partial charge in [-0.25, -0.2) is 0 Å². The minimum atomic E-state index is -0.145. The summed E-state index contributed by atoms with van der Waals surface area (Å²) in [5.74, 6) is -0.145. The number of thiophene rings is 1. The number of nitrogens with one attached hydrogen (secondary N) is 2. The molecule has 0 aromatic carbocycles. The molecule has 0 atom stereocenters. The Morgan fingerprint density at radius 3 is 3.00 bits per heavy atom. The van der Waals surface area contributed by atoms with Crippen molar-refractivity contribution in [3.8, 4) is 6.07 Å². The van der Waals surface area contributed by atoms with Gasteiger partial charge in [0.25, 0.3) is 0 Å². The van der Waals surface area contributed by atoms with E-state index in [0.29, 0.717) is 0 Å². The first-order valence-electron chi connectivity index (χ1n) is 4.81. The van der Waals surface area contributed by atoms with Crippen LogP contribution in [-0.4, -0.2) is 25.5 Å². The molecule has 0 unspecified atom stereocenters. The van der Waals surface area contributed by atoms with Crippen LogP contribution in [0.4, 0.5) is 0 Å². The highest BCUT2D eigenvalue weighted by Gasteiger charge is 2.00. The van der Waals surface area contributed by atoms with Crippen molar-refractivity contribution >= 4 is 33.2 Å². The molecule has 1 amide bonds. The predicted octanol–water partition coefficient (Wildman–Crippen LogP) is 1.28. The molecule has 1 rings (SSSR count). The molecule has 4 nitrogen and oxygen atoms in total. The van der Waals surface area contributed by atoms with Gasteiger partial charge >= 0.3 is 0 Å². The van der Waals surface area contributed by atoms with Gasteiger partial charge in [-0.1, -0.05) is 0 Å². The molecule has 1 aromatic heterocycles. The van der Waals surface area contributed by atoms with Crippen LogP contribution in [0.2, 0.25) is 0 Å². The van der Waals surface area contributed by atoms with Gasteiger partial charge in [0.2, 0.25) is 5.91 Å². The highest BCUT2D eigenvalue weighted by Crippen LogP contribution is 2.21. The number of hydrogen-bond acceptors (Lipinski definition) is 4. The van der Waals surface area contributed by atoms with Crippen molar-refractivity contribution in [2.75, 3.05) is 19.6 Å². The van der Waals surface area contributed by atoms with Crippen molar-refractivity contribution in [3.05, 3.63) is 20.8 Å². The fourth-order valence-electron chi connectivity index (χ4n) is 1.10. The van der Waals surface area contributed by atoms with Crippen LogP contribution < -0.4 is 10.6 Å². The first kappa shape index (κ1) is 13.2. The molecule has 0 spiro atoms. The topological polar surface area (TPSA) is 64.9 Å². The van der Waals surface area contributed by atoms with E-state index < -0.39 is 0 Å². The number of amides is 1. The van der Waals surface area contributed by atoms with Gasteiger partial charge in [-0.05, 0) is 34.5 Å². The molecule has 1 heterocycles.